The lowest BCUT2D eigenvalue weighted by atomic mass is 10.2. The highest BCUT2D eigenvalue weighted by molar-refractivity contribution is 8.19. The average molecular weight is 580 g/mol. The first-order valence-corrected chi connectivity index (χ1v) is 14.6. The molecule has 5 aromatic rings. The molecule has 1 saturated heterocycles. The number of amidine groups is 1. The molecule has 0 atom stereocenters. The lowest BCUT2D eigenvalue weighted by Crippen LogP contribution is -2.28. The number of rotatable bonds is 7. The van der Waals surface area contributed by atoms with Crippen molar-refractivity contribution in [2.75, 3.05) is 4.90 Å². The average Bonchev–Trinajstić information content (AvgIpc) is 3.58. The van der Waals surface area contributed by atoms with Crippen molar-refractivity contribution >= 4 is 62.7 Å². The smallest absolute Gasteiger partial charge is 0.271 e. The topological polar surface area (TPSA) is 54.8 Å². The summed E-state index contributed by atoms with van der Waals surface area (Å²) < 4.78 is 5.90. The molecule has 0 spiro atoms. The van der Waals surface area contributed by atoms with Gasteiger partial charge in [0, 0.05) is 16.0 Å². The van der Waals surface area contributed by atoms with Crippen LogP contribution in [0.15, 0.2) is 124 Å². The maximum absolute atomic E-state index is 13.6. The van der Waals surface area contributed by atoms with E-state index in [-0.39, 0.29) is 5.91 Å². The van der Waals surface area contributed by atoms with Crippen molar-refractivity contribution in [2.24, 2.45) is 4.99 Å². The maximum atomic E-state index is 13.6. The quantitative estimate of drug-likeness (QED) is 0.181. The molecule has 4 aromatic carbocycles. The molecule has 0 saturated carbocycles. The zero-order valence-electron chi connectivity index (χ0n) is 21.1. The van der Waals surface area contributed by atoms with Crippen LogP contribution in [0.4, 0.5) is 10.8 Å². The number of nitrogens with zero attached hydrogens (tertiary/aromatic N) is 3. The summed E-state index contributed by atoms with van der Waals surface area (Å²) >= 11 is 8.75. The number of hydrogen-bond acceptors (Lipinski definition) is 6. The van der Waals surface area contributed by atoms with Gasteiger partial charge >= 0.3 is 0 Å². The number of aliphatic imine (C=N–C) groups is 1. The fourth-order valence-corrected chi connectivity index (χ4v) is 5.91. The van der Waals surface area contributed by atoms with Gasteiger partial charge in [-0.15, -0.1) is 11.3 Å². The first-order valence-electron chi connectivity index (χ1n) is 12.5. The van der Waals surface area contributed by atoms with E-state index in [1.54, 1.807) is 4.90 Å². The van der Waals surface area contributed by atoms with E-state index in [9.17, 15) is 4.79 Å². The van der Waals surface area contributed by atoms with E-state index in [1.807, 2.05) is 121 Å². The number of thiazole rings is 1. The maximum Gasteiger partial charge on any atom is 0.271 e. The molecule has 0 bridgehead atoms. The van der Waals surface area contributed by atoms with Crippen molar-refractivity contribution in [3.05, 3.63) is 136 Å². The van der Waals surface area contributed by atoms with Gasteiger partial charge in [-0.2, -0.15) is 4.99 Å². The van der Waals surface area contributed by atoms with Crippen molar-refractivity contribution in [2.45, 2.75) is 6.61 Å². The van der Waals surface area contributed by atoms with Gasteiger partial charge in [0.1, 0.15) is 12.4 Å². The Morgan fingerprint density at radius 2 is 1.57 bits per heavy atom. The summed E-state index contributed by atoms with van der Waals surface area (Å²) in [4.78, 5) is 25.3. The first kappa shape index (κ1) is 26.1. The summed E-state index contributed by atoms with van der Waals surface area (Å²) in [5.74, 6) is 0.617. The molecule has 1 aliphatic heterocycles. The van der Waals surface area contributed by atoms with Gasteiger partial charge in [0.2, 0.25) is 5.13 Å². The second-order valence-corrected chi connectivity index (χ2v) is 11.1. The highest BCUT2D eigenvalue weighted by atomic mass is 35.5. The number of thioether (sulfide) groups is 1. The zero-order valence-corrected chi connectivity index (χ0v) is 23.5. The van der Waals surface area contributed by atoms with Crippen LogP contribution in [0, 0.1) is 0 Å². The SMILES string of the molecule is O=C1/C(=C/c2ccc(OCc3ccc(Cl)cc3)cc2)S/C(=N/c2nc(-c3ccccc3)cs2)N1c1ccccc1. The minimum Gasteiger partial charge on any atom is -0.489 e. The molecule has 0 radical (unpaired) electrons. The van der Waals surface area contributed by atoms with E-state index < -0.39 is 0 Å². The summed E-state index contributed by atoms with van der Waals surface area (Å²) in [7, 11) is 0. The molecule has 0 aliphatic carbocycles. The Balaban J connectivity index is 1.24. The van der Waals surface area contributed by atoms with Gasteiger partial charge in [0.15, 0.2) is 5.17 Å². The molecule has 196 valence electrons. The van der Waals surface area contributed by atoms with Crippen LogP contribution in [0.5, 0.6) is 5.75 Å². The Labute approximate surface area is 245 Å². The van der Waals surface area contributed by atoms with E-state index in [1.165, 1.54) is 23.1 Å². The molecule has 1 aliphatic rings. The number of para-hydroxylation sites is 1. The fraction of sp³-hybridized carbons (Fsp3) is 0.0312. The highest BCUT2D eigenvalue weighted by Gasteiger charge is 2.35. The molecule has 1 fully saturated rings. The molecule has 40 heavy (non-hydrogen) atoms. The van der Waals surface area contributed by atoms with E-state index in [4.69, 9.17) is 26.3 Å². The number of ether oxygens (including phenoxy) is 1. The number of amides is 1. The Bertz CT molecular complexity index is 1680. The van der Waals surface area contributed by atoms with Gasteiger partial charge in [-0.3, -0.25) is 9.69 Å². The van der Waals surface area contributed by atoms with Crippen LogP contribution in [0.2, 0.25) is 5.02 Å². The monoisotopic (exact) mass is 579 g/mol. The van der Waals surface area contributed by atoms with Crippen molar-refractivity contribution < 1.29 is 9.53 Å². The van der Waals surface area contributed by atoms with Crippen LogP contribution >= 0.6 is 34.7 Å². The highest BCUT2D eigenvalue weighted by Crippen LogP contribution is 2.38. The number of carbonyl (C=O) groups is 1. The van der Waals surface area contributed by atoms with Crippen molar-refractivity contribution in [3.8, 4) is 17.0 Å². The Morgan fingerprint density at radius 3 is 2.30 bits per heavy atom. The van der Waals surface area contributed by atoms with Gasteiger partial charge < -0.3 is 4.74 Å². The third-order valence-corrected chi connectivity index (χ3v) is 8.03. The number of aromatic nitrogens is 1. The number of anilines is 1. The van der Waals surface area contributed by atoms with Crippen molar-refractivity contribution in [1.29, 1.82) is 0 Å². The van der Waals surface area contributed by atoms with Crippen molar-refractivity contribution in [3.63, 3.8) is 0 Å². The molecular weight excluding hydrogens is 558 g/mol. The minimum absolute atomic E-state index is 0.127. The Kier molecular flexibility index (Phi) is 7.77. The van der Waals surface area contributed by atoms with Crippen molar-refractivity contribution in [1.82, 2.24) is 4.98 Å². The fourth-order valence-electron chi connectivity index (χ4n) is 4.05. The Hall–Kier alpha value is -4.17. The number of hydrogen-bond donors (Lipinski definition) is 0. The van der Waals surface area contributed by atoms with Crippen LogP contribution in [-0.4, -0.2) is 16.1 Å². The molecule has 6 rings (SSSR count). The summed E-state index contributed by atoms with van der Waals surface area (Å²) in [5, 5.41) is 3.84. The van der Waals surface area contributed by atoms with Crippen LogP contribution in [0.3, 0.4) is 0 Å². The van der Waals surface area contributed by atoms with E-state index in [0.29, 0.717) is 26.8 Å². The third kappa shape index (κ3) is 6.02. The van der Waals surface area contributed by atoms with Crippen LogP contribution in [0.25, 0.3) is 17.3 Å². The van der Waals surface area contributed by atoms with Gasteiger partial charge in [-0.1, -0.05) is 84.4 Å². The number of carbonyl (C=O) groups excluding carboxylic acids is 1. The van der Waals surface area contributed by atoms with Gasteiger partial charge in [-0.25, -0.2) is 4.98 Å². The van der Waals surface area contributed by atoms with E-state index in [0.717, 1.165) is 33.8 Å². The normalized spacial score (nSPS) is 15.2. The number of benzene rings is 4. The summed E-state index contributed by atoms with van der Waals surface area (Å²) in [6.07, 6.45) is 1.88. The molecule has 0 unspecified atom stereocenters. The summed E-state index contributed by atoms with van der Waals surface area (Å²) in [6, 6.07) is 34.8. The summed E-state index contributed by atoms with van der Waals surface area (Å²) in [5.41, 5.74) is 4.58. The first-order chi connectivity index (χ1) is 19.6. The molecule has 8 heteroatoms. The predicted molar refractivity (Wildman–Crippen MR) is 166 cm³/mol. The van der Waals surface area contributed by atoms with Gasteiger partial charge in [-0.05, 0) is 65.4 Å². The number of halogens is 1. The van der Waals surface area contributed by atoms with Gasteiger partial charge in [0.05, 0.1) is 16.3 Å². The standard InChI is InChI=1S/C32H22ClN3O2S2/c33-25-15-11-23(12-16-25)20-38-27-17-13-22(14-18-27)19-29-30(37)36(26-9-5-2-6-10-26)32(40-29)35-31-34-28(21-39-31)24-7-3-1-4-8-24/h1-19,21H,20H2/b29-19-,35-32+. The van der Waals surface area contributed by atoms with Gasteiger partial charge in [0.25, 0.3) is 5.91 Å². The summed E-state index contributed by atoms with van der Waals surface area (Å²) in [6.45, 7) is 0.445. The molecule has 2 heterocycles. The van der Waals surface area contributed by atoms with Crippen LogP contribution < -0.4 is 9.64 Å². The lowest BCUT2D eigenvalue weighted by Gasteiger charge is -2.14. The largest absolute Gasteiger partial charge is 0.489 e. The lowest BCUT2D eigenvalue weighted by molar-refractivity contribution is -0.113. The molecule has 1 aromatic heterocycles. The third-order valence-electron chi connectivity index (χ3n) is 6.07. The minimum atomic E-state index is -0.127. The molecule has 0 N–H and O–H groups in total. The second kappa shape index (κ2) is 11.9. The van der Waals surface area contributed by atoms with Crippen LogP contribution in [0.1, 0.15) is 11.1 Å². The Morgan fingerprint density at radius 1 is 0.875 bits per heavy atom. The van der Waals surface area contributed by atoms with E-state index in [2.05, 4.69) is 0 Å². The molecule has 1 amide bonds. The molecular formula is C32H22ClN3O2S2. The van der Waals surface area contributed by atoms with Crippen LogP contribution in [-0.2, 0) is 11.4 Å². The zero-order chi connectivity index (χ0) is 27.3. The predicted octanol–water partition coefficient (Wildman–Crippen LogP) is 8.85. The second-order valence-electron chi connectivity index (χ2n) is 8.85. The molecule has 5 nitrogen and oxygen atoms in total. The van der Waals surface area contributed by atoms with E-state index >= 15 is 0 Å².